The molecule has 0 saturated carbocycles. The average molecular weight is 286 g/mol. The molecular formula is C19H30N2. The maximum Gasteiger partial charge on any atom is 0.0328 e. The van der Waals surface area contributed by atoms with Gasteiger partial charge >= 0.3 is 0 Å². The molecule has 3 unspecified atom stereocenters. The minimum Gasteiger partial charge on any atom is -0.314 e. The van der Waals surface area contributed by atoms with Gasteiger partial charge in [0.2, 0.25) is 0 Å². The number of hydrogen-bond acceptors (Lipinski definition) is 2. The summed E-state index contributed by atoms with van der Waals surface area (Å²) >= 11 is 0. The minimum absolute atomic E-state index is 0.566. The number of nitrogens with one attached hydrogen (secondary N) is 1. The Morgan fingerprint density at radius 1 is 1.19 bits per heavy atom. The van der Waals surface area contributed by atoms with Crippen molar-refractivity contribution in [2.24, 2.45) is 0 Å². The standard InChI is InChI=1S/C19H30N2/c1-4-11-20-16-12-17-9-10-18(13-16)21(17)15(3)19-8-6-5-7-14(19)2/h5-8,15-18,20H,4,9-13H2,1-3H3. The minimum atomic E-state index is 0.566. The van der Waals surface area contributed by atoms with Crippen LogP contribution in [0.4, 0.5) is 0 Å². The highest BCUT2D eigenvalue weighted by molar-refractivity contribution is 5.29. The molecule has 1 aromatic rings. The van der Waals surface area contributed by atoms with E-state index >= 15 is 0 Å². The van der Waals surface area contributed by atoms with Crippen molar-refractivity contribution in [1.29, 1.82) is 0 Å². The Balaban J connectivity index is 1.72. The highest BCUT2D eigenvalue weighted by Gasteiger charge is 2.42. The predicted molar refractivity (Wildman–Crippen MR) is 89.6 cm³/mol. The molecule has 2 nitrogen and oxygen atoms in total. The van der Waals surface area contributed by atoms with E-state index in [2.05, 4.69) is 55.3 Å². The maximum atomic E-state index is 3.76. The first-order valence-electron chi connectivity index (χ1n) is 8.77. The average Bonchev–Trinajstić information content (AvgIpc) is 2.76. The normalized spacial score (nSPS) is 30.5. The van der Waals surface area contributed by atoms with E-state index in [1.165, 1.54) is 49.8 Å². The number of hydrogen-bond donors (Lipinski definition) is 1. The van der Waals surface area contributed by atoms with E-state index in [1.54, 1.807) is 0 Å². The Morgan fingerprint density at radius 3 is 2.48 bits per heavy atom. The lowest BCUT2D eigenvalue weighted by atomic mass is 9.92. The third-order valence-electron chi connectivity index (χ3n) is 5.56. The van der Waals surface area contributed by atoms with Crippen molar-refractivity contribution < 1.29 is 0 Å². The lowest BCUT2D eigenvalue weighted by Gasteiger charge is -2.43. The molecule has 2 heterocycles. The fourth-order valence-corrected chi connectivity index (χ4v) is 4.58. The van der Waals surface area contributed by atoms with E-state index in [1.807, 2.05) is 0 Å². The van der Waals surface area contributed by atoms with Crippen LogP contribution in [0.3, 0.4) is 0 Å². The smallest absolute Gasteiger partial charge is 0.0328 e. The largest absolute Gasteiger partial charge is 0.314 e. The van der Waals surface area contributed by atoms with Crippen LogP contribution in [0, 0.1) is 6.92 Å². The maximum absolute atomic E-state index is 3.76. The molecule has 3 rings (SSSR count). The van der Waals surface area contributed by atoms with Gasteiger partial charge in [-0.1, -0.05) is 31.2 Å². The molecule has 2 fully saturated rings. The van der Waals surface area contributed by atoms with Crippen LogP contribution < -0.4 is 5.32 Å². The van der Waals surface area contributed by atoms with Gasteiger partial charge in [-0.15, -0.1) is 0 Å². The van der Waals surface area contributed by atoms with Gasteiger partial charge in [-0.3, -0.25) is 4.90 Å². The number of nitrogens with zero attached hydrogens (tertiary/aromatic N) is 1. The molecule has 21 heavy (non-hydrogen) atoms. The van der Waals surface area contributed by atoms with Crippen LogP contribution in [0.25, 0.3) is 0 Å². The zero-order valence-corrected chi connectivity index (χ0v) is 13.8. The van der Waals surface area contributed by atoms with Crippen molar-refractivity contribution in [3.05, 3.63) is 35.4 Å². The van der Waals surface area contributed by atoms with E-state index in [0.29, 0.717) is 6.04 Å². The molecule has 2 aliphatic rings. The second-order valence-electron chi connectivity index (χ2n) is 6.99. The van der Waals surface area contributed by atoms with Crippen molar-refractivity contribution in [1.82, 2.24) is 10.2 Å². The molecule has 0 amide bonds. The fraction of sp³-hybridized carbons (Fsp3) is 0.684. The number of piperidine rings is 1. The van der Waals surface area contributed by atoms with E-state index in [4.69, 9.17) is 0 Å². The predicted octanol–water partition coefficient (Wildman–Crippen LogP) is 4.05. The Kier molecular flexibility index (Phi) is 4.66. The first-order chi connectivity index (χ1) is 10.2. The molecule has 2 aliphatic heterocycles. The van der Waals surface area contributed by atoms with Crippen molar-refractivity contribution in [3.63, 3.8) is 0 Å². The number of benzene rings is 1. The van der Waals surface area contributed by atoms with Crippen molar-refractivity contribution >= 4 is 0 Å². The van der Waals surface area contributed by atoms with Crippen molar-refractivity contribution in [2.75, 3.05) is 6.54 Å². The van der Waals surface area contributed by atoms with Gasteiger partial charge in [-0.2, -0.15) is 0 Å². The SMILES string of the molecule is CCCNC1CC2CCC(C1)N2C(C)c1ccccc1C. The molecule has 0 radical (unpaired) electrons. The van der Waals surface area contributed by atoms with Gasteiger partial charge < -0.3 is 5.32 Å². The zero-order chi connectivity index (χ0) is 14.8. The van der Waals surface area contributed by atoms with E-state index in [-0.39, 0.29) is 0 Å². The number of aryl methyl sites for hydroxylation is 1. The van der Waals surface area contributed by atoms with Crippen molar-refractivity contribution in [3.8, 4) is 0 Å². The van der Waals surface area contributed by atoms with E-state index in [0.717, 1.165) is 18.1 Å². The highest BCUT2D eigenvalue weighted by Crippen LogP contribution is 2.41. The van der Waals surface area contributed by atoms with Crippen LogP contribution in [0.5, 0.6) is 0 Å². The summed E-state index contributed by atoms with van der Waals surface area (Å²) in [5.74, 6) is 0. The monoisotopic (exact) mass is 286 g/mol. The molecule has 116 valence electrons. The summed E-state index contributed by atoms with van der Waals surface area (Å²) < 4.78 is 0. The van der Waals surface area contributed by atoms with Crippen LogP contribution >= 0.6 is 0 Å². The molecule has 1 aromatic carbocycles. The van der Waals surface area contributed by atoms with Gasteiger partial charge in [-0.25, -0.2) is 0 Å². The second kappa shape index (κ2) is 6.50. The van der Waals surface area contributed by atoms with Gasteiger partial charge in [0.15, 0.2) is 0 Å². The Hall–Kier alpha value is -0.860. The topological polar surface area (TPSA) is 15.3 Å². The van der Waals surface area contributed by atoms with E-state index in [9.17, 15) is 0 Å². The molecule has 0 aromatic heterocycles. The molecule has 0 aliphatic carbocycles. The van der Waals surface area contributed by atoms with Crippen LogP contribution in [-0.2, 0) is 0 Å². The Labute approximate surface area is 129 Å². The number of fused-ring (bicyclic) bond motifs is 2. The van der Waals surface area contributed by atoms with Crippen LogP contribution in [0.15, 0.2) is 24.3 Å². The van der Waals surface area contributed by atoms with Gasteiger partial charge in [0.05, 0.1) is 0 Å². The molecule has 1 N–H and O–H groups in total. The summed E-state index contributed by atoms with van der Waals surface area (Å²) in [5, 5.41) is 3.76. The molecule has 2 heteroatoms. The third-order valence-corrected chi connectivity index (χ3v) is 5.56. The van der Waals surface area contributed by atoms with Gasteiger partial charge in [0, 0.05) is 24.2 Å². The first-order valence-corrected chi connectivity index (χ1v) is 8.77. The lowest BCUT2D eigenvalue weighted by Crippen LogP contribution is -2.50. The summed E-state index contributed by atoms with van der Waals surface area (Å²) in [6.07, 6.45) is 6.71. The van der Waals surface area contributed by atoms with Crippen LogP contribution in [0.1, 0.15) is 63.1 Å². The highest BCUT2D eigenvalue weighted by atomic mass is 15.3. The van der Waals surface area contributed by atoms with E-state index < -0.39 is 0 Å². The fourth-order valence-electron chi connectivity index (χ4n) is 4.58. The summed E-state index contributed by atoms with van der Waals surface area (Å²) in [5.41, 5.74) is 2.96. The molecule has 0 spiro atoms. The quantitative estimate of drug-likeness (QED) is 0.878. The molecular weight excluding hydrogens is 256 g/mol. The molecule has 3 atom stereocenters. The molecule has 2 saturated heterocycles. The molecule has 2 bridgehead atoms. The summed E-state index contributed by atoms with van der Waals surface area (Å²) in [7, 11) is 0. The third kappa shape index (κ3) is 3.02. The van der Waals surface area contributed by atoms with Gasteiger partial charge in [-0.05, 0) is 63.6 Å². The Morgan fingerprint density at radius 2 is 1.86 bits per heavy atom. The van der Waals surface area contributed by atoms with Crippen molar-refractivity contribution in [2.45, 2.75) is 77.0 Å². The zero-order valence-electron chi connectivity index (χ0n) is 13.8. The Bertz CT molecular complexity index is 456. The summed E-state index contributed by atoms with van der Waals surface area (Å²) in [4.78, 5) is 2.83. The van der Waals surface area contributed by atoms with Crippen LogP contribution in [0.2, 0.25) is 0 Å². The first kappa shape index (κ1) is 15.1. The van der Waals surface area contributed by atoms with Gasteiger partial charge in [0.25, 0.3) is 0 Å². The van der Waals surface area contributed by atoms with Gasteiger partial charge in [0.1, 0.15) is 0 Å². The second-order valence-corrected chi connectivity index (χ2v) is 6.99. The lowest BCUT2D eigenvalue weighted by molar-refractivity contribution is 0.0769. The van der Waals surface area contributed by atoms with Crippen LogP contribution in [-0.4, -0.2) is 29.6 Å². The number of rotatable bonds is 5. The summed E-state index contributed by atoms with van der Waals surface area (Å²) in [6.45, 7) is 8.10. The summed E-state index contributed by atoms with van der Waals surface area (Å²) in [6, 6.07) is 11.8.